The monoisotopic (exact) mass is 220 g/mol. The van der Waals surface area contributed by atoms with Crippen molar-refractivity contribution in [3.63, 3.8) is 0 Å². The van der Waals surface area contributed by atoms with E-state index in [4.69, 9.17) is 5.26 Å². The van der Waals surface area contributed by atoms with Gasteiger partial charge < -0.3 is 5.32 Å². The van der Waals surface area contributed by atoms with Gasteiger partial charge in [-0.05, 0) is 37.5 Å². The molecule has 2 unspecified atom stereocenters. The first-order chi connectivity index (χ1) is 7.79. The molecule has 0 aromatic rings. The predicted octanol–water partition coefficient (Wildman–Crippen LogP) is 3.24. The Morgan fingerprint density at radius 1 is 1.25 bits per heavy atom. The predicted molar refractivity (Wildman–Crippen MR) is 65.9 cm³/mol. The van der Waals surface area contributed by atoms with Crippen molar-refractivity contribution in [1.29, 1.82) is 5.26 Å². The molecule has 0 radical (unpaired) electrons. The lowest BCUT2D eigenvalue weighted by Crippen LogP contribution is -2.39. The van der Waals surface area contributed by atoms with E-state index in [0.29, 0.717) is 11.5 Å². The number of hydrogen-bond acceptors (Lipinski definition) is 2. The summed E-state index contributed by atoms with van der Waals surface area (Å²) in [4.78, 5) is 0. The summed E-state index contributed by atoms with van der Waals surface area (Å²) >= 11 is 0. The van der Waals surface area contributed by atoms with Crippen molar-refractivity contribution in [2.75, 3.05) is 6.54 Å². The zero-order valence-electron chi connectivity index (χ0n) is 10.5. The molecule has 0 aromatic carbocycles. The molecular formula is C14H24N2. The van der Waals surface area contributed by atoms with E-state index in [0.717, 1.165) is 13.0 Å². The lowest BCUT2D eigenvalue weighted by atomic mass is 9.83. The topological polar surface area (TPSA) is 35.8 Å². The maximum atomic E-state index is 9.06. The third-order valence-electron chi connectivity index (χ3n) is 4.84. The molecule has 2 fully saturated rings. The van der Waals surface area contributed by atoms with Crippen LogP contribution >= 0.6 is 0 Å². The Morgan fingerprint density at radius 3 is 2.62 bits per heavy atom. The molecule has 16 heavy (non-hydrogen) atoms. The molecule has 0 aliphatic heterocycles. The first kappa shape index (κ1) is 11.9. The van der Waals surface area contributed by atoms with Crippen molar-refractivity contribution in [2.45, 2.75) is 64.3 Å². The Hall–Kier alpha value is -0.550. The van der Waals surface area contributed by atoms with Crippen molar-refractivity contribution < 1.29 is 0 Å². The van der Waals surface area contributed by atoms with E-state index in [-0.39, 0.29) is 5.92 Å². The van der Waals surface area contributed by atoms with Gasteiger partial charge in [0.1, 0.15) is 0 Å². The molecule has 2 nitrogen and oxygen atoms in total. The maximum absolute atomic E-state index is 9.06. The van der Waals surface area contributed by atoms with Crippen LogP contribution in [0.15, 0.2) is 0 Å². The molecule has 2 atom stereocenters. The van der Waals surface area contributed by atoms with Crippen molar-refractivity contribution in [2.24, 2.45) is 11.3 Å². The van der Waals surface area contributed by atoms with Gasteiger partial charge >= 0.3 is 0 Å². The highest BCUT2D eigenvalue weighted by Gasteiger charge is 2.34. The molecule has 0 bridgehead atoms. The average Bonchev–Trinajstić information content (AvgIpc) is 2.96. The van der Waals surface area contributed by atoms with Crippen molar-refractivity contribution in [3.8, 4) is 6.07 Å². The standard InChI is InChI=1S/C14H24N2/c1-2-14(8-3-4-9-14)11-16-13-7-5-6-12(13)10-15/h12-13,16H,2-9,11H2,1H3. The van der Waals surface area contributed by atoms with E-state index in [1.165, 1.54) is 44.9 Å². The summed E-state index contributed by atoms with van der Waals surface area (Å²) in [7, 11) is 0. The summed E-state index contributed by atoms with van der Waals surface area (Å²) in [5.74, 6) is 0.273. The van der Waals surface area contributed by atoms with Gasteiger partial charge in [-0.15, -0.1) is 0 Å². The van der Waals surface area contributed by atoms with Gasteiger partial charge in [-0.25, -0.2) is 0 Å². The van der Waals surface area contributed by atoms with Crippen LogP contribution in [0.5, 0.6) is 0 Å². The minimum atomic E-state index is 0.273. The Balaban J connectivity index is 1.84. The van der Waals surface area contributed by atoms with E-state index in [9.17, 15) is 0 Å². The second kappa shape index (κ2) is 5.19. The van der Waals surface area contributed by atoms with Crippen LogP contribution in [0.4, 0.5) is 0 Å². The van der Waals surface area contributed by atoms with Crippen LogP contribution in [0.1, 0.15) is 58.3 Å². The zero-order valence-corrected chi connectivity index (χ0v) is 10.5. The first-order valence-electron chi connectivity index (χ1n) is 6.93. The number of hydrogen-bond donors (Lipinski definition) is 1. The van der Waals surface area contributed by atoms with E-state index in [2.05, 4.69) is 18.3 Å². The van der Waals surface area contributed by atoms with Crippen molar-refractivity contribution in [1.82, 2.24) is 5.32 Å². The van der Waals surface area contributed by atoms with Crippen LogP contribution in [0.25, 0.3) is 0 Å². The summed E-state index contributed by atoms with van der Waals surface area (Å²) in [5.41, 5.74) is 0.558. The molecule has 0 heterocycles. The molecule has 2 saturated carbocycles. The highest BCUT2D eigenvalue weighted by atomic mass is 14.9. The highest BCUT2D eigenvalue weighted by Crippen LogP contribution is 2.40. The van der Waals surface area contributed by atoms with Crippen LogP contribution in [0, 0.1) is 22.7 Å². The molecule has 2 aliphatic carbocycles. The molecule has 2 heteroatoms. The van der Waals surface area contributed by atoms with Gasteiger partial charge in [0, 0.05) is 12.6 Å². The van der Waals surface area contributed by atoms with E-state index in [1.54, 1.807) is 0 Å². The molecule has 0 saturated heterocycles. The number of nitrogens with zero attached hydrogens (tertiary/aromatic N) is 1. The van der Waals surface area contributed by atoms with Crippen LogP contribution in [-0.2, 0) is 0 Å². The van der Waals surface area contributed by atoms with Crippen LogP contribution in [0.2, 0.25) is 0 Å². The number of rotatable bonds is 4. The molecular weight excluding hydrogens is 196 g/mol. The molecule has 0 amide bonds. The third-order valence-corrected chi connectivity index (χ3v) is 4.84. The highest BCUT2D eigenvalue weighted by molar-refractivity contribution is 4.97. The Kier molecular flexibility index (Phi) is 3.86. The van der Waals surface area contributed by atoms with Gasteiger partial charge in [-0.1, -0.05) is 26.2 Å². The fourth-order valence-electron chi connectivity index (χ4n) is 3.49. The van der Waals surface area contributed by atoms with Gasteiger partial charge in [0.2, 0.25) is 0 Å². The molecule has 1 N–H and O–H groups in total. The number of nitriles is 1. The van der Waals surface area contributed by atoms with Gasteiger partial charge in [0.25, 0.3) is 0 Å². The Labute approximate surface area is 99.4 Å². The van der Waals surface area contributed by atoms with E-state index in [1.807, 2.05) is 0 Å². The molecule has 90 valence electrons. The Bertz CT molecular complexity index is 260. The van der Waals surface area contributed by atoms with Gasteiger partial charge in [0.15, 0.2) is 0 Å². The summed E-state index contributed by atoms with van der Waals surface area (Å²) in [6.07, 6.45) is 10.4. The quantitative estimate of drug-likeness (QED) is 0.789. The van der Waals surface area contributed by atoms with Crippen LogP contribution < -0.4 is 5.32 Å². The minimum Gasteiger partial charge on any atom is -0.312 e. The fraction of sp³-hybridized carbons (Fsp3) is 0.929. The van der Waals surface area contributed by atoms with Crippen LogP contribution in [-0.4, -0.2) is 12.6 Å². The van der Waals surface area contributed by atoms with E-state index >= 15 is 0 Å². The lowest BCUT2D eigenvalue weighted by molar-refractivity contribution is 0.250. The van der Waals surface area contributed by atoms with E-state index < -0.39 is 0 Å². The largest absolute Gasteiger partial charge is 0.312 e. The summed E-state index contributed by atoms with van der Waals surface area (Å²) in [6.45, 7) is 3.47. The smallest absolute Gasteiger partial charge is 0.0672 e. The zero-order chi connectivity index (χ0) is 11.4. The third kappa shape index (κ3) is 2.40. The van der Waals surface area contributed by atoms with Crippen molar-refractivity contribution >= 4 is 0 Å². The summed E-state index contributed by atoms with van der Waals surface area (Å²) < 4.78 is 0. The SMILES string of the molecule is CCC1(CNC2CCCC2C#N)CCCC1. The first-order valence-corrected chi connectivity index (χ1v) is 6.93. The molecule has 2 aliphatic rings. The van der Waals surface area contributed by atoms with Gasteiger partial charge in [-0.3, -0.25) is 0 Å². The second-order valence-electron chi connectivity index (χ2n) is 5.71. The lowest BCUT2D eigenvalue weighted by Gasteiger charge is -2.30. The fourth-order valence-corrected chi connectivity index (χ4v) is 3.49. The normalized spacial score (nSPS) is 32.8. The second-order valence-corrected chi connectivity index (χ2v) is 5.71. The summed E-state index contributed by atoms with van der Waals surface area (Å²) in [6, 6.07) is 2.94. The van der Waals surface area contributed by atoms with Gasteiger partial charge in [-0.2, -0.15) is 5.26 Å². The molecule has 0 spiro atoms. The summed E-state index contributed by atoms with van der Waals surface area (Å²) in [5, 5.41) is 12.8. The average molecular weight is 220 g/mol. The van der Waals surface area contributed by atoms with Gasteiger partial charge in [0.05, 0.1) is 12.0 Å². The maximum Gasteiger partial charge on any atom is 0.0672 e. The van der Waals surface area contributed by atoms with Crippen LogP contribution in [0.3, 0.4) is 0 Å². The minimum absolute atomic E-state index is 0.273. The Morgan fingerprint density at radius 2 is 2.00 bits per heavy atom. The molecule has 0 aromatic heterocycles. The molecule has 2 rings (SSSR count). The van der Waals surface area contributed by atoms with Crippen molar-refractivity contribution in [3.05, 3.63) is 0 Å². The number of nitrogens with one attached hydrogen (secondary N) is 1.